The van der Waals surface area contributed by atoms with Crippen molar-refractivity contribution in [3.05, 3.63) is 17.6 Å². The third-order valence-electron chi connectivity index (χ3n) is 3.79. The van der Waals surface area contributed by atoms with Gasteiger partial charge in [-0.25, -0.2) is 0 Å². The molecule has 3 aromatic heterocycles. The number of nitrogens with one attached hydrogen (secondary N) is 1. The van der Waals surface area contributed by atoms with Crippen molar-refractivity contribution in [2.24, 2.45) is 0 Å². The van der Waals surface area contributed by atoms with E-state index in [4.69, 9.17) is 0 Å². The lowest BCUT2D eigenvalue weighted by Crippen LogP contribution is -2.30. The van der Waals surface area contributed by atoms with E-state index in [1.165, 1.54) is 30.6 Å². The summed E-state index contributed by atoms with van der Waals surface area (Å²) in [6.45, 7) is 5.09. The van der Waals surface area contributed by atoms with Crippen LogP contribution in [0, 0.1) is 6.92 Å². The minimum Gasteiger partial charge on any atom is -0.296 e. The smallest absolute Gasteiger partial charge is 0.235 e. The number of aryl methyl sites for hydroxylation is 1. The highest BCUT2D eigenvalue weighted by Gasteiger charge is 2.18. The van der Waals surface area contributed by atoms with Gasteiger partial charge in [-0.3, -0.25) is 10.00 Å². The summed E-state index contributed by atoms with van der Waals surface area (Å²) >= 11 is 1.52. The van der Waals surface area contributed by atoms with Gasteiger partial charge in [0.25, 0.3) is 0 Å². The van der Waals surface area contributed by atoms with Crippen LogP contribution >= 0.6 is 11.3 Å². The Morgan fingerprint density at radius 3 is 2.86 bits per heavy atom. The Morgan fingerprint density at radius 1 is 1.24 bits per heavy atom. The monoisotopic (exact) mass is 303 g/mol. The molecule has 4 rings (SSSR count). The summed E-state index contributed by atoms with van der Waals surface area (Å²) in [6.07, 6.45) is 3.89. The number of aromatic nitrogens is 6. The first-order valence-corrected chi connectivity index (χ1v) is 8.07. The number of aromatic amines is 1. The molecule has 0 radical (unpaired) electrons. The Balaban J connectivity index is 1.63. The molecule has 7 nitrogen and oxygen atoms in total. The molecule has 8 heteroatoms. The summed E-state index contributed by atoms with van der Waals surface area (Å²) in [7, 11) is 0. The summed E-state index contributed by atoms with van der Waals surface area (Å²) < 4.78 is 1.86. The van der Waals surface area contributed by atoms with Gasteiger partial charge < -0.3 is 0 Å². The van der Waals surface area contributed by atoms with Gasteiger partial charge in [0.05, 0.1) is 6.54 Å². The summed E-state index contributed by atoms with van der Waals surface area (Å²) in [5.41, 5.74) is 1.90. The maximum atomic E-state index is 4.62. The van der Waals surface area contributed by atoms with Gasteiger partial charge in [0.1, 0.15) is 5.69 Å². The second-order valence-corrected chi connectivity index (χ2v) is 6.45. The molecule has 0 bridgehead atoms. The molecule has 1 saturated heterocycles. The average Bonchev–Trinajstić information content (AvgIpc) is 3.17. The fraction of sp³-hybridized carbons (Fsp3) is 0.538. The average molecular weight is 303 g/mol. The van der Waals surface area contributed by atoms with Crippen molar-refractivity contribution in [3.8, 4) is 10.7 Å². The van der Waals surface area contributed by atoms with Crippen molar-refractivity contribution in [2.45, 2.75) is 32.7 Å². The van der Waals surface area contributed by atoms with Crippen LogP contribution in [0.4, 0.5) is 0 Å². The molecule has 4 heterocycles. The minimum atomic E-state index is 0.823. The largest absolute Gasteiger partial charge is 0.296 e. The van der Waals surface area contributed by atoms with Gasteiger partial charge in [-0.1, -0.05) is 17.8 Å². The van der Waals surface area contributed by atoms with Crippen molar-refractivity contribution < 1.29 is 0 Å². The van der Waals surface area contributed by atoms with Crippen LogP contribution in [0.15, 0.2) is 6.07 Å². The normalized spacial score (nSPS) is 16.8. The van der Waals surface area contributed by atoms with E-state index in [-0.39, 0.29) is 0 Å². The van der Waals surface area contributed by atoms with Crippen LogP contribution < -0.4 is 0 Å². The zero-order valence-electron chi connectivity index (χ0n) is 11.9. The lowest BCUT2D eigenvalue weighted by atomic mass is 10.1. The van der Waals surface area contributed by atoms with E-state index >= 15 is 0 Å². The van der Waals surface area contributed by atoms with Crippen LogP contribution in [0.3, 0.4) is 0 Å². The molecule has 3 aromatic rings. The molecule has 1 fully saturated rings. The molecule has 21 heavy (non-hydrogen) atoms. The van der Waals surface area contributed by atoms with Crippen molar-refractivity contribution >= 4 is 16.3 Å². The van der Waals surface area contributed by atoms with E-state index < -0.39 is 0 Å². The molecule has 1 N–H and O–H groups in total. The topological polar surface area (TPSA) is 75.0 Å². The Labute approximate surface area is 126 Å². The number of rotatable bonds is 3. The molecule has 0 unspecified atom stereocenters. The zero-order valence-corrected chi connectivity index (χ0v) is 12.7. The van der Waals surface area contributed by atoms with E-state index in [9.17, 15) is 0 Å². The molecule has 0 atom stereocenters. The molecule has 0 spiro atoms. The first kappa shape index (κ1) is 12.9. The number of H-pyrrole nitrogens is 1. The third kappa shape index (κ3) is 2.44. The van der Waals surface area contributed by atoms with Crippen LogP contribution in [0.5, 0.6) is 0 Å². The van der Waals surface area contributed by atoms with Gasteiger partial charge in [0.2, 0.25) is 4.96 Å². The van der Waals surface area contributed by atoms with Crippen molar-refractivity contribution in [1.82, 2.24) is 34.9 Å². The molecule has 1 aliphatic heterocycles. The highest BCUT2D eigenvalue weighted by Crippen LogP contribution is 2.24. The van der Waals surface area contributed by atoms with Crippen molar-refractivity contribution in [1.29, 1.82) is 0 Å². The summed E-state index contributed by atoms with van der Waals surface area (Å²) in [6, 6.07) is 2.00. The van der Waals surface area contributed by atoms with Crippen molar-refractivity contribution in [2.75, 3.05) is 13.1 Å². The number of piperidine rings is 1. The number of fused-ring (bicyclic) bond motifs is 1. The van der Waals surface area contributed by atoms with Crippen molar-refractivity contribution in [3.63, 3.8) is 0 Å². The van der Waals surface area contributed by atoms with Crippen LogP contribution in [0.1, 0.15) is 30.8 Å². The van der Waals surface area contributed by atoms with Gasteiger partial charge in [-0.2, -0.15) is 14.7 Å². The first-order chi connectivity index (χ1) is 10.3. The van der Waals surface area contributed by atoms with Gasteiger partial charge in [-0.05, 0) is 38.9 Å². The van der Waals surface area contributed by atoms with Crippen LogP contribution in [-0.4, -0.2) is 48.0 Å². The highest BCUT2D eigenvalue weighted by molar-refractivity contribution is 7.19. The van der Waals surface area contributed by atoms with E-state index in [1.807, 2.05) is 17.5 Å². The fourth-order valence-corrected chi connectivity index (χ4v) is 3.52. The number of likely N-dealkylation sites (tertiary alicyclic amines) is 1. The molecule has 1 aliphatic rings. The van der Waals surface area contributed by atoms with Gasteiger partial charge in [-0.15, -0.1) is 10.2 Å². The Hall–Kier alpha value is -1.80. The van der Waals surface area contributed by atoms with Crippen LogP contribution in [0.2, 0.25) is 0 Å². The Morgan fingerprint density at radius 2 is 2.10 bits per heavy atom. The quantitative estimate of drug-likeness (QED) is 0.799. The minimum absolute atomic E-state index is 0.823. The van der Waals surface area contributed by atoms with E-state index in [2.05, 4.69) is 30.4 Å². The van der Waals surface area contributed by atoms with Gasteiger partial charge in [0.15, 0.2) is 10.8 Å². The second kappa shape index (κ2) is 5.19. The maximum Gasteiger partial charge on any atom is 0.235 e. The predicted octanol–water partition coefficient (Wildman–Crippen LogP) is 1.87. The molecule has 0 amide bonds. The Kier molecular flexibility index (Phi) is 3.19. The summed E-state index contributed by atoms with van der Waals surface area (Å²) in [4.78, 5) is 3.26. The number of hydrogen-bond donors (Lipinski definition) is 1. The fourth-order valence-electron chi connectivity index (χ4n) is 2.70. The molecule has 0 aliphatic carbocycles. The second-order valence-electron chi connectivity index (χ2n) is 5.49. The lowest BCUT2D eigenvalue weighted by Gasteiger charge is -2.25. The lowest BCUT2D eigenvalue weighted by molar-refractivity contribution is 0.214. The first-order valence-electron chi connectivity index (χ1n) is 7.25. The summed E-state index contributed by atoms with van der Waals surface area (Å²) in [5, 5.41) is 21.2. The van der Waals surface area contributed by atoms with Gasteiger partial charge >= 0.3 is 0 Å². The van der Waals surface area contributed by atoms with Gasteiger partial charge in [0, 0.05) is 5.69 Å². The number of nitrogens with zero attached hydrogens (tertiary/aromatic N) is 6. The molecule has 110 valence electrons. The predicted molar refractivity (Wildman–Crippen MR) is 80.1 cm³/mol. The summed E-state index contributed by atoms with van der Waals surface area (Å²) in [5.74, 6) is 0.918. The van der Waals surface area contributed by atoms with Crippen LogP contribution in [-0.2, 0) is 6.54 Å². The Bertz CT molecular complexity index is 750. The standard InChI is InChI=1S/C13H17N7S/c1-9-7-10(15-14-9)12-18-20-11(16-17-13(20)21-12)8-19-5-3-2-4-6-19/h7H,2-6,8H2,1H3,(H,14,15). The number of hydrogen-bond acceptors (Lipinski definition) is 6. The van der Waals surface area contributed by atoms with E-state index in [0.29, 0.717) is 0 Å². The molecule has 0 aromatic carbocycles. The molecule has 0 saturated carbocycles. The highest BCUT2D eigenvalue weighted by atomic mass is 32.1. The maximum absolute atomic E-state index is 4.62. The third-order valence-corrected chi connectivity index (χ3v) is 4.72. The van der Waals surface area contributed by atoms with E-state index in [1.54, 1.807) is 0 Å². The molecular formula is C13H17N7S. The van der Waals surface area contributed by atoms with Crippen LogP contribution in [0.25, 0.3) is 15.7 Å². The SMILES string of the molecule is Cc1cc(-c2nn3c(CN4CCCCC4)nnc3s2)n[nH]1. The zero-order chi connectivity index (χ0) is 14.2. The molecular weight excluding hydrogens is 286 g/mol. The van der Waals surface area contributed by atoms with E-state index in [0.717, 1.165) is 46.8 Å².